The summed E-state index contributed by atoms with van der Waals surface area (Å²) in [6, 6.07) is 25.1. The van der Waals surface area contributed by atoms with E-state index in [9.17, 15) is 0 Å². The first-order valence-electron chi connectivity index (χ1n) is 9.47. The van der Waals surface area contributed by atoms with Gasteiger partial charge in [0.15, 0.2) is 0 Å². The van der Waals surface area contributed by atoms with Crippen molar-refractivity contribution >= 4 is 33.1 Å². The first-order chi connectivity index (χ1) is 12.5. The summed E-state index contributed by atoms with van der Waals surface area (Å²) in [7, 11) is -1.04. The first-order valence-corrected chi connectivity index (χ1v) is 11.6. The normalized spacial score (nSPS) is 16.2. The van der Waals surface area contributed by atoms with Crippen molar-refractivity contribution in [2.45, 2.75) is 42.7 Å². The van der Waals surface area contributed by atoms with Crippen LogP contribution < -0.4 is 16.4 Å². The number of hydrogen-bond acceptors (Lipinski definition) is 0. The Labute approximate surface area is 160 Å². The minimum atomic E-state index is -1.04. The van der Waals surface area contributed by atoms with Crippen LogP contribution in [-0.4, -0.2) is 18.2 Å². The second-order valence-electron chi connectivity index (χ2n) is 7.84. The number of benzene rings is 3. The standard InChI is InChI=1S/C24H27BS/c1-17(2)26(5)22-15-8-6-13-20(22)25(21-14-7-9-16-23(21)26)24-18(3)11-10-12-19(24)4/h6-17H,1-5H3. The van der Waals surface area contributed by atoms with Crippen LogP contribution in [0.5, 0.6) is 0 Å². The maximum atomic E-state index is 2.51. The zero-order valence-electron chi connectivity index (χ0n) is 16.4. The maximum absolute atomic E-state index is 2.51. The van der Waals surface area contributed by atoms with E-state index < -0.39 is 10.0 Å². The van der Waals surface area contributed by atoms with Gasteiger partial charge in [0.2, 0.25) is 6.71 Å². The fourth-order valence-electron chi connectivity index (χ4n) is 4.60. The molecule has 0 aromatic heterocycles. The quantitative estimate of drug-likeness (QED) is 0.596. The fraction of sp³-hybridized carbons (Fsp3) is 0.250. The van der Waals surface area contributed by atoms with Crippen molar-refractivity contribution in [3.05, 3.63) is 77.9 Å². The van der Waals surface area contributed by atoms with E-state index in [0.29, 0.717) is 12.0 Å². The molecule has 0 aliphatic carbocycles. The lowest BCUT2D eigenvalue weighted by molar-refractivity contribution is 1.07. The van der Waals surface area contributed by atoms with Crippen molar-refractivity contribution in [3.8, 4) is 0 Å². The van der Waals surface area contributed by atoms with E-state index in [1.165, 1.54) is 27.5 Å². The zero-order valence-corrected chi connectivity index (χ0v) is 17.2. The van der Waals surface area contributed by atoms with Crippen LogP contribution in [0.3, 0.4) is 0 Å². The van der Waals surface area contributed by atoms with Crippen molar-refractivity contribution in [1.29, 1.82) is 0 Å². The minimum absolute atomic E-state index is 0.336. The van der Waals surface area contributed by atoms with E-state index in [4.69, 9.17) is 0 Å². The first kappa shape index (κ1) is 17.5. The minimum Gasteiger partial charge on any atom is -0.189 e. The molecular weight excluding hydrogens is 331 g/mol. The second-order valence-corrected chi connectivity index (χ2v) is 11.6. The highest BCUT2D eigenvalue weighted by molar-refractivity contribution is 8.34. The highest BCUT2D eigenvalue weighted by Crippen LogP contribution is 2.63. The van der Waals surface area contributed by atoms with Gasteiger partial charge in [-0.2, -0.15) is 10.0 Å². The maximum Gasteiger partial charge on any atom is 0.244 e. The molecule has 0 nitrogen and oxygen atoms in total. The molecule has 4 rings (SSSR count). The summed E-state index contributed by atoms with van der Waals surface area (Å²) in [5, 5.41) is 0.615. The Bertz CT molecular complexity index is 906. The summed E-state index contributed by atoms with van der Waals surface area (Å²) in [6.07, 6.45) is 2.51. The lowest BCUT2D eigenvalue weighted by atomic mass is 9.35. The largest absolute Gasteiger partial charge is 0.244 e. The topological polar surface area (TPSA) is 0 Å². The van der Waals surface area contributed by atoms with E-state index in [1.54, 1.807) is 9.79 Å². The molecular formula is C24H27BS. The summed E-state index contributed by atoms with van der Waals surface area (Å²) in [5.41, 5.74) is 7.28. The molecule has 0 spiro atoms. The Balaban J connectivity index is 2.11. The van der Waals surface area contributed by atoms with E-state index in [2.05, 4.69) is 101 Å². The third-order valence-corrected chi connectivity index (χ3v) is 10.6. The average molecular weight is 358 g/mol. The Hall–Kier alpha value is -1.93. The van der Waals surface area contributed by atoms with Crippen molar-refractivity contribution in [2.24, 2.45) is 0 Å². The van der Waals surface area contributed by atoms with Crippen LogP contribution in [0.1, 0.15) is 25.0 Å². The molecule has 3 aromatic rings. The number of aryl methyl sites for hydroxylation is 2. The van der Waals surface area contributed by atoms with E-state index >= 15 is 0 Å². The van der Waals surface area contributed by atoms with Crippen LogP contribution in [0, 0.1) is 13.8 Å². The Kier molecular flexibility index (Phi) is 4.27. The molecule has 3 aromatic carbocycles. The van der Waals surface area contributed by atoms with E-state index in [0.717, 1.165) is 0 Å². The molecule has 0 bridgehead atoms. The third-order valence-electron chi connectivity index (χ3n) is 6.15. The van der Waals surface area contributed by atoms with Gasteiger partial charge in [0, 0.05) is 0 Å². The smallest absolute Gasteiger partial charge is 0.189 e. The van der Waals surface area contributed by atoms with E-state index in [-0.39, 0.29) is 0 Å². The highest BCUT2D eigenvalue weighted by atomic mass is 32.3. The van der Waals surface area contributed by atoms with Gasteiger partial charge < -0.3 is 0 Å². The second kappa shape index (κ2) is 6.35. The predicted molar refractivity (Wildman–Crippen MR) is 119 cm³/mol. The van der Waals surface area contributed by atoms with Gasteiger partial charge in [-0.3, -0.25) is 0 Å². The molecule has 1 heterocycles. The van der Waals surface area contributed by atoms with Gasteiger partial charge in [-0.25, -0.2) is 0 Å². The lowest BCUT2D eigenvalue weighted by Crippen LogP contribution is -2.58. The number of hydrogen-bond donors (Lipinski definition) is 0. The number of fused-ring (bicyclic) bond motifs is 2. The summed E-state index contributed by atoms with van der Waals surface area (Å²) < 4.78 is 0. The fourth-order valence-corrected chi connectivity index (χ4v) is 7.92. The van der Waals surface area contributed by atoms with Crippen LogP contribution in [0.25, 0.3) is 0 Å². The summed E-state index contributed by atoms with van der Waals surface area (Å²) >= 11 is 0. The Morgan fingerprint density at radius 3 is 1.62 bits per heavy atom. The van der Waals surface area contributed by atoms with E-state index in [1.807, 2.05) is 0 Å². The molecule has 0 saturated carbocycles. The molecule has 1 aliphatic rings. The molecule has 26 heavy (non-hydrogen) atoms. The van der Waals surface area contributed by atoms with Gasteiger partial charge in [-0.05, 0) is 35.1 Å². The van der Waals surface area contributed by atoms with Crippen molar-refractivity contribution in [1.82, 2.24) is 0 Å². The van der Waals surface area contributed by atoms with Crippen LogP contribution >= 0.6 is 10.0 Å². The molecule has 0 atom stereocenters. The number of rotatable bonds is 2. The van der Waals surface area contributed by atoms with Crippen molar-refractivity contribution < 1.29 is 0 Å². The molecule has 1 aliphatic heterocycles. The molecule has 0 unspecified atom stereocenters. The van der Waals surface area contributed by atoms with Gasteiger partial charge in [-0.1, -0.05) is 108 Å². The SMILES string of the molecule is Cc1cccc(C)c1B1c2ccccc2S(C)(C(C)C)c2ccccc21. The molecule has 0 N–H and O–H groups in total. The average Bonchev–Trinajstić information content (AvgIpc) is 2.64. The highest BCUT2D eigenvalue weighted by Gasteiger charge is 2.41. The molecule has 132 valence electrons. The predicted octanol–water partition coefficient (Wildman–Crippen LogP) is 4.39. The zero-order chi connectivity index (χ0) is 18.5. The van der Waals surface area contributed by atoms with Gasteiger partial charge in [-0.15, -0.1) is 0 Å². The third kappa shape index (κ3) is 2.39. The summed E-state index contributed by atoms with van der Waals surface area (Å²) in [4.78, 5) is 3.14. The van der Waals surface area contributed by atoms with Crippen molar-refractivity contribution in [2.75, 3.05) is 6.26 Å². The summed E-state index contributed by atoms with van der Waals surface area (Å²) in [6.45, 7) is 9.64. The van der Waals surface area contributed by atoms with Crippen LogP contribution in [-0.2, 0) is 0 Å². The monoisotopic (exact) mass is 358 g/mol. The van der Waals surface area contributed by atoms with Gasteiger partial charge in [0.05, 0.1) is 0 Å². The molecule has 0 radical (unpaired) electrons. The van der Waals surface area contributed by atoms with Gasteiger partial charge in [0.1, 0.15) is 0 Å². The molecule has 0 saturated heterocycles. The molecule has 2 heteroatoms. The van der Waals surface area contributed by atoms with Crippen LogP contribution in [0.2, 0.25) is 0 Å². The Morgan fingerprint density at radius 1 is 0.692 bits per heavy atom. The lowest BCUT2D eigenvalue weighted by Gasteiger charge is -2.48. The summed E-state index contributed by atoms with van der Waals surface area (Å²) in [5.74, 6) is 0. The van der Waals surface area contributed by atoms with Gasteiger partial charge >= 0.3 is 0 Å². The Morgan fingerprint density at radius 2 is 1.15 bits per heavy atom. The molecule has 0 amide bonds. The van der Waals surface area contributed by atoms with Crippen LogP contribution in [0.4, 0.5) is 0 Å². The van der Waals surface area contributed by atoms with Crippen LogP contribution in [0.15, 0.2) is 76.5 Å². The molecule has 0 fully saturated rings. The van der Waals surface area contributed by atoms with Gasteiger partial charge in [0.25, 0.3) is 0 Å². The van der Waals surface area contributed by atoms with Crippen molar-refractivity contribution in [3.63, 3.8) is 0 Å².